The number of phenolic OH excluding ortho intramolecular Hbond substituents is 1. The summed E-state index contributed by atoms with van der Waals surface area (Å²) in [6.45, 7) is 4.33. The Morgan fingerprint density at radius 2 is 1.94 bits per heavy atom. The molecule has 158 valence electrons. The van der Waals surface area contributed by atoms with E-state index in [0.29, 0.717) is 22.2 Å². The van der Waals surface area contributed by atoms with Crippen molar-refractivity contribution in [2.45, 2.75) is 32.6 Å². The number of fused-ring (bicyclic) bond motifs is 5. The number of allylic oxidation sites excluding steroid dienone is 1. The number of ketones is 1. The lowest BCUT2D eigenvalue weighted by atomic mass is 9.64. The van der Waals surface area contributed by atoms with Gasteiger partial charge in [0, 0.05) is 29.2 Å². The lowest BCUT2D eigenvalue weighted by Gasteiger charge is -2.41. The topological polar surface area (TPSA) is 58.6 Å². The van der Waals surface area contributed by atoms with Gasteiger partial charge >= 0.3 is 0 Å². The number of hydrogen-bond acceptors (Lipinski definition) is 4. The van der Waals surface area contributed by atoms with E-state index in [1.54, 1.807) is 19.2 Å². The molecule has 1 aliphatic carbocycles. The van der Waals surface area contributed by atoms with Gasteiger partial charge in [0.1, 0.15) is 11.5 Å². The van der Waals surface area contributed by atoms with Crippen molar-refractivity contribution in [1.82, 2.24) is 0 Å². The molecule has 5 rings (SSSR count). The Kier molecular flexibility index (Phi) is 4.63. The zero-order valence-corrected chi connectivity index (χ0v) is 19.3. The predicted octanol–water partition coefficient (Wildman–Crippen LogP) is 6.63. The van der Waals surface area contributed by atoms with Crippen molar-refractivity contribution in [2.75, 3.05) is 12.4 Å². The number of halogens is 1. The summed E-state index contributed by atoms with van der Waals surface area (Å²) < 4.78 is 6.17. The fourth-order valence-corrected chi connectivity index (χ4v) is 5.44. The first-order valence-corrected chi connectivity index (χ1v) is 11.2. The van der Waals surface area contributed by atoms with Crippen LogP contribution in [0.4, 0.5) is 5.69 Å². The van der Waals surface area contributed by atoms with E-state index in [0.717, 1.165) is 23.4 Å². The van der Waals surface area contributed by atoms with Crippen LogP contribution in [0.25, 0.3) is 16.5 Å². The third-order valence-electron chi connectivity index (χ3n) is 6.43. The molecule has 0 bridgehead atoms. The average Bonchev–Trinajstić information content (AvgIpc) is 2.73. The van der Waals surface area contributed by atoms with E-state index in [1.165, 1.54) is 16.3 Å². The molecule has 0 radical (unpaired) electrons. The smallest absolute Gasteiger partial charge is 0.162 e. The maximum absolute atomic E-state index is 13.5. The van der Waals surface area contributed by atoms with Gasteiger partial charge < -0.3 is 15.2 Å². The molecule has 1 atom stereocenters. The van der Waals surface area contributed by atoms with Gasteiger partial charge in [-0.25, -0.2) is 0 Å². The van der Waals surface area contributed by atoms with Crippen molar-refractivity contribution in [3.63, 3.8) is 0 Å². The Morgan fingerprint density at radius 3 is 2.71 bits per heavy atom. The number of Topliss-reactive ketones (excluding diaryl/α,β-unsaturated/α-hetero) is 1. The second-order valence-electron chi connectivity index (χ2n) is 9.19. The standard InChI is InChI=1S/C26H24BrNO3/c1-26(2)12-17-23-15-7-5-4-6-14(15)8-9-19(23)28-25(24(17)21(30)13-26)16-10-20(29)18(27)11-22(16)31-3/h4-11,17,28-29H,12-13H2,1-3H3/t17-/m0/s1. The van der Waals surface area contributed by atoms with Crippen molar-refractivity contribution in [3.8, 4) is 11.5 Å². The van der Waals surface area contributed by atoms with E-state index in [1.807, 2.05) is 12.1 Å². The van der Waals surface area contributed by atoms with Crippen LogP contribution >= 0.6 is 15.9 Å². The van der Waals surface area contributed by atoms with Gasteiger partial charge in [-0.2, -0.15) is 0 Å². The van der Waals surface area contributed by atoms with Crippen LogP contribution in [0.1, 0.15) is 43.7 Å². The summed E-state index contributed by atoms with van der Waals surface area (Å²) in [6, 6.07) is 15.9. The number of ether oxygens (including phenoxy) is 1. The van der Waals surface area contributed by atoms with E-state index < -0.39 is 0 Å². The second-order valence-corrected chi connectivity index (χ2v) is 10.0. The summed E-state index contributed by atoms with van der Waals surface area (Å²) in [4.78, 5) is 13.5. The summed E-state index contributed by atoms with van der Waals surface area (Å²) in [6.07, 6.45) is 1.38. The monoisotopic (exact) mass is 477 g/mol. The molecule has 0 aromatic heterocycles. The highest BCUT2D eigenvalue weighted by Gasteiger charge is 2.43. The summed E-state index contributed by atoms with van der Waals surface area (Å²) in [5.74, 6) is 0.825. The minimum absolute atomic E-state index is 0.0240. The Morgan fingerprint density at radius 1 is 1.16 bits per heavy atom. The first kappa shape index (κ1) is 20.1. The SMILES string of the molecule is COc1cc(Br)c(O)cc1C1=C2C(=O)CC(C)(C)C[C@H]2c2c(ccc3ccccc23)N1. The van der Waals surface area contributed by atoms with Crippen molar-refractivity contribution < 1.29 is 14.6 Å². The number of anilines is 1. The molecule has 3 aromatic rings. The molecule has 1 aliphatic heterocycles. The third kappa shape index (κ3) is 3.23. The van der Waals surface area contributed by atoms with Crippen molar-refractivity contribution >= 4 is 43.9 Å². The average molecular weight is 478 g/mol. The predicted molar refractivity (Wildman–Crippen MR) is 128 cm³/mol. The molecule has 0 amide bonds. The Hall–Kier alpha value is -2.79. The molecule has 0 unspecified atom stereocenters. The summed E-state index contributed by atoms with van der Waals surface area (Å²) in [7, 11) is 1.60. The lowest BCUT2D eigenvalue weighted by molar-refractivity contribution is -0.119. The number of carbonyl (C=O) groups excluding carboxylic acids is 1. The third-order valence-corrected chi connectivity index (χ3v) is 7.07. The van der Waals surface area contributed by atoms with Gasteiger partial charge in [-0.1, -0.05) is 44.2 Å². The summed E-state index contributed by atoms with van der Waals surface area (Å²) in [5.41, 5.74) is 4.29. The molecular weight excluding hydrogens is 454 g/mol. The van der Waals surface area contributed by atoms with E-state index in [-0.39, 0.29) is 22.9 Å². The number of carbonyl (C=O) groups is 1. The minimum atomic E-state index is -0.0894. The van der Waals surface area contributed by atoms with Crippen LogP contribution in [0.15, 0.2) is 58.6 Å². The van der Waals surface area contributed by atoms with Crippen LogP contribution in [0, 0.1) is 5.41 Å². The maximum Gasteiger partial charge on any atom is 0.162 e. The van der Waals surface area contributed by atoms with Gasteiger partial charge in [-0.05, 0) is 62.3 Å². The molecule has 4 nitrogen and oxygen atoms in total. The van der Waals surface area contributed by atoms with Crippen LogP contribution in [0.5, 0.6) is 11.5 Å². The van der Waals surface area contributed by atoms with Crippen LogP contribution < -0.4 is 10.1 Å². The van der Waals surface area contributed by atoms with E-state index in [4.69, 9.17) is 4.74 Å². The molecule has 2 aliphatic rings. The number of methoxy groups -OCH3 is 1. The van der Waals surface area contributed by atoms with Crippen LogP contribution in [0.2, 0.25) is 0 Å². The first-order valence-electron chi connectivity index (χ1n) is 10.4. The number of nitrogens with one attached hydrogen (secondary N) is 1. The molecule has 1 heterocycles. The number of rotatable bonds is 2. The molecule has 31 heavy (non-hydrogen) atoms. The van der Waals surface area contributed by atoms with Crippen LogP contribution in [-0.2, 0) is 4.79 Å². The largest absolute Gasteiger partial charge is 0.507 e. The molecule has 2 N–H and O–H groups in total. The maximum atomic E-state index is 13.5. The quantitative estimate of drug-likeness (QED) is 0.434. The minimum Gasteiger partial charge on any atom is -0.507 e. The van der Waals surface area contributed by atoms with E-state index in [2.05, 4.69) is 59.4 Å². The highest BCUT2D eigenvalue weighted by Crippen LogP contribution is 2.54. The lowest BCUT2D eigenvalue weighted by Crippen LogP contribution is -2.34. The van der Waals surface area contributed by atoms with Crippen LogP contribution in [-0.4, -0.2) is 18.0 Å². The Bertz CT molecular complexity index is 1280. The molecule has 1 fully saturated rings. The molecule has 0 saturated heterocycles. The highest BCUT2D eigenvalue weighted by atomic mass is 79.9. The van der Waals surface area contributed by atoms with Crippen molar-refractivity contribution in [1.29, 1.82) is 0 Å². The number of hydrogen-bond donors (Lipinski definition) is 2. The van der Waals surface area contributed by atoms with E-state index >= 15 is 0 Å². The Labute approximate surface area is 190 Å². The number of phenols is 1. The summed E-state index contributed by atoms with van der Waals surface area (Å²) >= 11 is 3.36. The van der Waals surface area contributed by atoms with E-state index in [9.17, 15) is 9.90 Å². The van der Waals surface area contributed by atoms with Gasteiger partial charge in [0.2, 0.25) is 0 Å². The normalized spacial score (nSPS) is 19.6. The zero-order valence-electron chi connectivity index (χ0n) is 17.8. The highest BCUT2D eigenvalue weighted by molar-refractivity contribution is 9.10. The molecular formula is C26H24BrNO3. The second kappa shape index (κ2) is 7.13. The summed E-state index contributed by atoms with van der Waals surface area (Å²) in [5, 5.41) is 16.3. The zero-order chi connectivity index (χ0) is 21.9. The van der Waals surface area contributed by atoms with Crippen molar-refractivity contribution in [3.05, 3.63) is 69.7 Å². The van der Waals surface area contributed by atoms with Gasteiger partial charge in [-0.15, -0.1) is 0 Å². The van der Waals surface area contributed by atoms with Crippen molar-refractivity contribution in [2.24, 2.45) is 5.41 Å². The molecule has 5 heteroatoms. The fourth-order valence-electron chi connectivity index (χ4n) is 5.11. The molecule has 1 saturated carbocycles. The van der Waals surface area contributed by atoms with Gasteiger partial charge in [0.05, 0.1) is 17.3 Å². The van der Waals surface area contributed by atoms with Crippen LogP contribution in [0.3, 0.4) is 0 Å². The Balaban J connectivity index is 1.81. The van der Waals surface area contributed by atoms with Gasteiger partial charge in [0.25, 0.3) is 0 Å². The molecule has 0 spiro atoms. The molecule has 3 aromatic carbocycles. The fraction of sp³-hybridized carbons (Fsp3) is 0.269. The first-order chi connectivity index (χ1) is 14.8. The number of benzene rings is 3. The van der Waals surface area contributed by atoms with Gasteiger partial charge in [-0.3, -0.25) is 4.79 Å². The number of aromatic hydroxyl groups is 1. The van der Waals surface area contributed by atoms with Gasteiger partial charge in [0.15, 0.2) is 5.78 Å².